The average molecular weight is 382 g/mol. The Kier molecular flexibility index (Phi) is 5.40. The number of rotatable bonds is 5. The molecule has 0 spiro atoms. The van der Waals surface area contributed by atoms with Crippen molar-refractivity contribution in [1.29, 1.82) is 0 Å². The van der Waals surface area contributed by atoms with Gasteiger partial charge in [-0.05, 0) is 30.7 Å². The zero-order valence-electron chi connectivity index (χ0n) is 15.1. The highest BCUT2D eigenvalue weighted by atomic mass is 32.2. The van der Waals surface area contributed by atoms with Crippen molar-refractivity contribution in [2.75, 3.05) is 26.2 Å². The van der Waals surface area contributed by atoms with Crippen LogP contribution in [0.4, 0.5) is 4.39 Å². The molecule has 1 fully saturated rings. The first-order valence-electron chi connectivity index (χ1n) is 8.58. The van der Waals surface area contributed by atoms with E-state index in [9.17, 15) is 12.8 Å². The molecule has 1 aromatic carbocycles. The molecule has 0 amide bonds. The number of nitrogens with zero attached hydrogens (tertiary/aromatic N) is 4. The Morgan fingerprint density at radius 1 is 1.19 bits per heavy atom. The van der Waals surface area contributed by atoms with Crippen molar-refractivity contribution in [1.82, 2.24) is 19.4 Å². The number of benzene rings is 1. The van der Waals surface area contributed by atoms with Crippen LogP contribution in [0, 0.1) is 12.7 Å². The van der Waals surface area contributed by atoms with Gasteiger partial charge in [-0.3, -0.25) is 4.90 Å². The summed E-state index contributed by atoms with van der Waals surface area (Å²) in [5, 5.41) is 8.05. The predicted molar refractivity (Wildman–Crippen MR) is 93.6 cm³/mol. The minimum atomic E-state index is -3.62. The molecule has 0 saturated carbocycles. The third kappa shape index (κ3) is 3.94. The molecule has 0 N–H and O–H groups in total. The summed E-state index contributed by atoms with van der Waals surface area (Å²) in [6.07, 6.45) is 0. The summed E-state index contributed by atoms with van der Waals surface area (Å²) in [5.74, 6) is 0.915. The Balaban J connectivity index is 1.62. The standard InChI is InChI=1S/C17H23FN4O3S/c1-12(2)17-20-19-16(25-17)11-21-6-8-22(9-7-21)26(23,24)14-4-5-15(18)13(3)10-14/h4-5,10,12H,6-9,11H2,1-3H3. The molecule has 3 rings (SSSR count). The normalized spacial score (nSPS) is 17.1. The predicted octanol–water partition coefficient (Wildman–Crippen LogP) is 2.15. The molecule has 142 valence electrons. The van der Waals surface area contributed by atoms with Gasteiger partial charge >= 0.3 is 0 Å². The van der Waals surface area contributed by atoms with Gasteiger partial charge in [-0.1, -0.05) is 13.8 Å². The van der Waals surface area contributed by atoms with Gasteiger partial charge in [0.25, 0.3) is 0 Å². The fourth-order valence-corrected chi connectivity index (χ4v) is 4.32. The third-order valence-electron chi connectivity index (χ3n) is 4.43. The van der Waals surface area contributed by atoms with E-state index in [1.807, 2.05) is 13.8 Å². The lowest BCUT2D eigenvalue weighted by Crippen LogP contribution is -2.48. The van der Waals surface area contributed by atoms with Gasteiger partial charge in [-0.25, -0.2) is 12.8 Å². The molecule has 0 atom stereocenters. The second kappa shape index (κ2) is 7.42. The minimum absolute atomic E-state index is 0.128. The van der Waals surface area contributed by atoms with Gasteiger partial charge in [0.2, 0.25) is 21.8 Å². The number of aromatic nitrogens is 2. The molecule has 0 aliphatic carbocycles. The van der Waals surface area contributed by atoms with Gasteiger partial charge in [0.05, 0.1) is 11.4 Å². The van der Waals surface area contributed by atoms with E-state index in [4.69, 9.17) is 4.42 Å². The largest absolute Gasteiger partial charge is 0.424 e. The Labute approximate surface area is 152 Å². The second-order valence-electron chi connectivity index (χ2n) is 6.78. The summed E-state index contributed by atoms with van der Waals surface area (Å²) < 4.78 is 45.9. The monoisotopic (exact) mass is 382 g/mol. The van der Waals surface area contributed by atoms with Gasteiger partial charge < -0.3 is 4.42 Å². The van der Waals surface area contributed by atoms with Crippen molar-refractivity contribution in [2.45, 2.75) is 38.1 Å². The number of hydrogen-bond acceptors (Lipinski definition) is 6. The summed E-state index contributed by atoms with van der Waals surface area (Å²) in [6.45, 7) is 7.90. The van der Waals surface area contributed by atoms with Crippen LogP contribution in [-0.2, 0) is 16.6 Å². The number of halogens is 1. The lowest BCUT2D eigenvalue weighted by Gasteiger charge is -2.33. The molecule has 2 aromatic rings. The van der Waals surface area contributed by atoms with E-state index in [0.29, 0.717) is 50.1 Å². The molecular formula is C17H23FN4O3S. The first kappa shape index (κ1) is 18.9. The van der Waals surface area contributed by atoms with Crippen LogP contribution in [0.1, 0.15) is 37.1 Å². The molecule has 0 unspecified atom stereocenters. The van der Waals surface area contributed by atoms with E-state index >= 15 is 0 Å². The molecular weight excluding hydrogens is 359 g/mol. The van der Waals surface area contributed by atoms with Crippen LogP contribution in [0.25, 0.3) is 0 Å². The Morgan fingerprint density at radius 2 is 1.88 bits per heavy atom. The molecule has 26 heavy (non-hydrogen) atoms. The number of piperazine rings is 1. The van der Waals surface area contributed by atoms with Crippen LogP contribution in [0.2, 0.25) is 0 Å². The average Bonchev–Trinajstić information content (AvgIpc) is 3.06. The number of sulfonamides is 1. The van der Waals surface area contributed by atoms with Crippen LogP contribution >= 0.6 is 0 Å². The third-order valence-corrected chi connectivity index (χ3v) is 6.33. The van der Waals surface area contributed by atoms with Gasteiger partial charge in [-0.15, -0.1) is 10.2 Å². The summed E-state index contributed by atoms with van der Waals surface area (Å²) in [4.78, 5) is 2.21. The minimum Gasteiger partial charge on any atom is -0.424 e. The van der Waals surface area contributed by atoms with E-state index in [2.05, 4.69) is 15.1 Å². The maximum atomic E-state index is 13.4. The summed E-state index contributed by atoms with van der Waals surface area (Å²) in [7, 11) is -3.62. The molecule has 1 aromatic heterocycles. The van der Waals surface area contributed by atoms with Gasteiger partial charge in [-0.2, -0.15) is 4.31 Å². The fourth-order valence-electron chi connectivity index (χ4n) is 2.81. The molecule has 0 radical (unpaired) electrons. The van der Waals surface area contributed by atoms with Crippen molar-refractivity contribution >= 4 is 10.0 Å². The Bertz CT molecular complexity index is 874. The van der Waals surface area contributed by atoms with E-state index in [1.54, 1.807) is 6.92 Å². The lowest BCUT2D eigenvalue weighted by atomic mass is 10.2. The van der Waals surface area contributed by atoms with Crippen LogP contribution in [0.3, 0.4) is 0 Å². The maximum Gasteiger partial charge on any atom is 0.243 e. The summed E-state index contributed by atoms with van der Waals surface area (Å²) in [5.41, 5.74) is 0.321. The lowest BCUT2D eigenvalue weighted by molar-refractivity contribution is 0.167. The van der Waals surface area contributed by atoms with Crippen molar-refractivity contribution < 1.29 is 17.2 Å². The molecule has 9 heteroatoms. The maximum absolute atomic E-state index is 13.4. The zero-order valence-corrected chi connectivity index (χ0v) is 16.0. The highest BCUT2D eigenvalue weighted by Crippen LogP contribution is 2.21. The van der Waals surface area contributed by atoms with Crippen LogP contribution < -0.4 is 0 Å². The van der Waals surface area contributed by atoms with Crippen LogP contribution in [0.5, 0.6) is 0 Å². The highest BCUT2D eigenvalue weighted by Gasteiger charge is 2.29. The quantitative estimate of drug-likeness (QED) is 0.788. The second-order valence-corrected chi connectivity index (χ2v) is 8.72. The summed E-state index contributed by atoms with van der Waals surface area (Å²) >= 11 is 0. The Hall–Kier alpha value is -1.84. The first-order chi connectivity index (χ1) is 12.3. The van der Waals surface area contributed by atoms with Gasteiger partial charge in [0, 0.05) is 32.1 Å². The fraction of sp³-hybridized carbons (Fsp3) is 0.529. The van der Waals surface area contributed by atoms with Crippen molar-refractivity contribution in [3.63, 3.8) is 0 Å². The SMILES string of the molecule is Cc1cc(S(=O)(=O)N2CCN(Cc3nnc(C(C)C)o3)CC2)ccc1F. The highest BCUT2D eigenvalue weighted by molar-refractivity contribution is 7.89. The van der Waals surface area contributed by atoms with Gasteiger partial charge in [0.15, 0.2) is 0 Å². The molecule has 7 nitrogen and oxygen atoms in total. The first-order valence-corrected chi connectivity index (χ1v) is 10.0. The number of aryl methyl sites for hydroxylation is 1. The van der Waals surface area contributed by atoms with Crippen LogP contribution in [-0.4, -0.2) is 54.0 Å². The van der Waals surface area contributed by atoms with Crippen molar-refractivity contribution in [3.8, 4) is 0 Å². The van der Waals surface area contributed by atoms with E-state index in [1.165, 1.54) is 22.5 Å². The number of hydrogen-bond donors (Lipinski definition) is 0. The van der Waals surface area contributed by atoms with Gasteiger partial charge in [0.1, 0.15) is 5.82 Å². The smallest absolute Gasteiger partial charge is 0.243 e. The molecule has 1 saturated heterocycles. The zero-order chi connectivity index (χ0) is 18.9. The molecule has 2 heterocycles. The van der Waals surface area contributed by atoms with E-state index < -0.39 is 15.8 Å². The van der Waals surface area contributed by atoms with Crippen LogP contribution in [0.15, 0.2) is 27.5 Å². The van der Waals surface area contributed by atoms with Crippen molar-refractivity contribution in [2.24, 2.45) is 0 Å². The van der Waals surface area contributed by atoms with E-state index in [-0.39, 0.29) is 10.8 Å². The molecule has 0 bridgehead atoms. The Morgan fingerprint density at radius 3 is 2.46 bits per heavy atom. The molecule has 1 aliphatic rings. The molecule has 1 aliphatic heterocycles. The van der Waals surface area contributed by atoms with Crippen molar-refractivity contribution in [3.05, 3.63) is 41.4 Å². The summed E-state index contributed by atoms with van der Waals surface area (Å²) in [6, 6.07) is 3.89. The topological polar surface area (TPSA) is 79.5 Å². The van der Waals surface area contributed by atoms with E-state index in [0.717, 1.165) is 0 Å².